The van der Waals surface area contributed by atoms with Crippen LogP contribution in [0.15, 0.2) is 36.4 Å². The number of aromatic nitrogens is 2. The Bertz CT molecular complexity index is 801. The largest absolute Gasteiger partial charge is 0.377 e. The molecule has 0 unspecified atom stereocenters. The summed E-state index contributed by atoms with van der Waals surface area (Å²) < 4.78 is 0. The Balaban J connectivity index is 1.98. The quantitative estimate of drug-likeness (QED) is 0.797. The van der Waals surface area contributed by atoms with Gasteiger partial charge in [0.15, 0.2) is 5.69 Å². The third-order valence-corrected chi connectivity index (χ3v) is 4.01. The highest BCUT2D eigenvalue weighted by Gasteiger charge is 2.10. The molecule has 0 spiro atoms. The summed E-state index contributed by atoms with van der Waals surface area (Å²) in [5.74, 6) is 0. The van der Waals surface area contributed by atoms with Gasteiger partial charge in [0, 0.05) is 21.7 Å². The molecule has 2 heterocycles. The van der Waals surface area contributed by atoms with Crippen LogP contribution >= 0.6 is 11.3 Å². The average Bonchev–Trinajstić information content (AvgIpc) is 2.90. The van der Waals surface area contributed by atoms with Gasteiger partial charge in [0.2, 0.25) is 0 Å². The van der Waals surface area contributed by atoms with Gasteiger partial charge in [-0.25, -0.2) is 0 Å². The zero-order valence-corrected chi connectivity index (χ0v) is 11.7. The molecule has 3 aromatic rings. The van der Waals surface area contributed by atoms with Crippen LogP contribution < -0.4 is 5.32 Å². The molecule has 0 aliphatic heterocycles. The van der Waals surface area contributed by atoms with E-state index in [0.29, 0.717) is 12.2 Å². The number of aryl methyl sites for hydroxylation is 1. The Morgan fingerprint density at radius 1 is 1.20 bits per heavy atom. The number of hydrogen-bond acceptors (Lipinski definition) is 5. The lowest BCUT2D eigenvalue weighted by Crippen LogP contribution is -2.03. The van der Waals surface area contributed by atoms with Crippen LogP contribution in [0.3, 0.4) is 0 Å². The SMILES string of the molecule is Cc1ccc(CNc2c(C#N)nnc3ccccc23)s1. The summed E-state index contributed by atoms with van der Waals surface area (Å²) in [6.45, 7) is 2.77. The predicted molar refractivity (Wildman–Crippen MR) is 80.6 cm³/mol. The zero-order valence-electron chi connectivity index (χ0n) is 10.9. The molecule has 1 N–H and O–H groups in total. The molecule has 1 aromatic carbocycles. The van der Waals surface area contributed by atoms with Gasteiger partial charge in [0.05, 0.1) is 11.2 Å². The molecule has 20 heavy (non-hydrogen) atoms. The molecular formula is C15H12N4S. The number of nitrogens with one attached hydrogen (secondary N) is 1. The maximum absolute atomic E-state index is 9.19. The lowest BCUT2D eigenvalue weighted by molar-refractivity contribution is 1.04. The number of nitriles is 1. The third-order valence-electron chi connectivity index (χ3n) is 3.01. The summed E-state index contributed by atoms with van der Waals surface area (Å²) in [4.78, 5) is 2.51. The van der Waals surface area contributed by atoms with Crippen molar-refractivity contribution >= 4 is 27.9 Å². The molecule has 0 amide bonds. The van der Waals surface area contributed by atoms with E-state index in [9.17, 15) is 5.26 Å². The minimum atomic E-state index is 0.331. The van der Waals surface area contributed by atoms with Gasteiger partial charge >= 0.3 is 0 Å². The highest BCUT2D eigenvalue weighted by Crippen LogP contribution is 2.25. The minimum Gasteiger partial charge on any atom is -0.377 e. The molecular weight excluding hydrogens is 268 g/mol. The van der Waals surface area contributed by atoms with Crippen LogP contribution in [-0.2, 0) is 6.54 Å². The average molecular weight is 280 g/mol. The first-order valence-corrected chi connectivity index (χ1v) is 7.04. The number of rotatable bonds is 3. The second-order valence-electron chi connectivity index (χ2n) is 4.42. The summed E-state index contributed by atoms with van der Waals surface area (Å²) in [5.41, 5.74) is 1.87. The van der Waals surface area contributed by atoms with Gasteiger partial charge in [0.1, 0.15) is 6.07 Å². The van der Waals surface area contributed by atoms with Crippen molar-refractivity contribution in [1.82, 2.24) is 10.2 Å². The first-order chi connectivity index (χ1) is 9.78. The molecule has 0 bridgehead atoms. The van der Waals surface area contributed by atoms with Gasteiger partial charge in [-0.15, -0.1) is 21.5 Å². The third kappa shape index (κ3) is 2.33. The predicted octanol–water partition coefficient (Wildman–Crippen LogP) is 3.48. The van der Waals surface area contributed by atoms with Crippen LogP contribution in [0.4, 0.5) is 5.69 Å². The Morgan fingerprint density at radius 3 is 2.80 bits per heavy atom. The first kappa shape index (κ1) is 12.6. The maximum atomic E-state index is 9.19. The summed E-state index contributed by atoms with van der Waals surface area (Å²) >= 11 is 1.74. The molecule has 98 valence electrons. The fraction of sp³-hybridized carbons (Fsp3) is 0.133. The molecule has 0 saturated carbocycles. The summed E-state index contributed by atoms with van der Waals surface area (Å²) in [6.07, 6.45) is 0. The fourth-order valence-corrected chi connectivity index (χ4v) is 2.90. The van der Waals surface area contributed by atoms with Crippen molar-refractivity contribution in [3.8, 4) is 6.07 Å². The number of thiophene rings is 1. The van der Waals surface area contributed by atoms with E-state index >= 15 is 0 Å². The smallest absolute Gasteiger partial charge is 0.186 e. The van der Waals surface area contributed by atoms with Crippen molar-refractivity contribution in [2.24, 2.45) is 0 Å². The van der Waals surface area contributed by atoms with Gasteiger partial charge in [-0.2, -0.15) is 5.26 Å². The Labute approximate surface area is 120 Å². The van der Waals surface area contributed by atoms with Gasteiger partial charge < -0.3 is 5.32 Å². The van der Waals surface area contributed by atoms with E-state index in [0.717, 1.165) is 16.6 Å². The molecule has 0 aliphatic rings. The number of benzene rings is 1. The monoisotopic (exact) mass is 280 g/mol. The molecule has 0 atom stereocenters. The van der Waals surface area contributed by atoms with E-state index in [2.05, 4.69) is 40.6 Å². The summed E-state index contributed by atoms with van der Waals surface area (Å²) in [5, 5.41) is 21.5. The first-order valence-electron chi connectivity index (χ1n) is 6.22. The van der Waals surface area contributed by atoms with Gasteiger partial charge in [-0.1, -0.05) is 18.2 Å². The second kappa shape index (κ2) is 5.27. The van der Waals surface area contributed by atoms with Crippen LogP contribution in [0.5, 0.6) is 0 Å². The van der Waals surface area contributed by atoms with Crippen LogP contribution in [-0.4, -0.2) is 10.2 Å². The molecule has 0 saturated heterocycles. The number of anilines is 1. The van der Waals surface area contributed by atoms with E-state index in [4.69, 9.17) is 0 Å². The molecule has 0 radical (unpaired) electrons. The second-order valence-corrected chi connectivity index (χ2v) is 5.79. The topological polar surface area (TPSA) is 61.6 Å². The molecule has 4 nitrogen and oxygen atoms in total. The standard InChI is InChI=1S/C15H12N4S/c1-10-6-7-11(20-10)9-17-15-12-4-2-3-5-13(12)18-19-14(15)8-16/h2-7H,9H2,1H3,(H,17,18). The van der Waals surface area contributed by atoms with Gasteiger partial charge in [-0.3, -0.25) is 0 Å². The van der Waals surface area contributed by atoms with Gasteiger partial charge in [0.25, 0.3) is 0 Å². The van der Waals surface area contributed by atoms with Crippen molar-refractivity contribution in [1.29, 1.82) is 5.26 Å². The molecule has 0 aliphatic carbocycles. The normalized spacial score (nSPS) is 10.4. The van der Waals surface area contributed by atoms with E-state index in [1.165, 1.54) is 9.75 Å². The molecule has 5 heteroatoms. The lowest BCUT2D eigenvalue weighted by atomic mass is 10.1. The van der Waals surface area contributed by atoms with E-state index in [1.54, 1.807) is 11.3 Å². The molecule has 2 aromatic heterocycles. The van der Waals surface area contributed by atoms with E-state index in [1.807, 2.05) is 24.3 Å². The fourth-order valence-electron chi connectivity index (χ4n) is 2.07. The van der Waals surface area contributed by atoms with Crippen LogP contribution in [0.25, 0.3) is 10.9 Å². The van der Waals surface area contributed by atoms with Gasteiger partial charge in [-0.05, 0) is 25.1 Å². The minimum absolute atomic E-state index is 0.331. The van der Waals surface area contributed by atoms with E-state index in [-0.39, 0.29) is 0 Å². The Hall–Kier alpha value is -2.45. The number of nitrogens with zero attached hydrogens (tertiary/aromatic N) is 3. The van der Waals surface area contributed by atoms with Crippen molar-refractivity contribution in [3.63, 3.8) is 0 Å². The highest BCUT2D eigenvalue weighted by atomic mass is 32.1. The molecule has 3 rings (SSSR count). The van der Waals surface area contributed by atoms with Crippen molar-refractivity contribution < 1.29 is 0 Å². The van der Waals surface area contributed by atoms with Crippen LogP contribution in [0.2, 0.25) is 0 Å². The number of fused-ring (bicyclic) bond motifs is 1. The highest BCUT2D eigenvalue weighted by molar-refractivity contribution is 7.11. The Kier molecular flexibility index (Phi) is 3.32. The van der Waals surface area contributed by atoms with Crippen LogP contribution in [0, 0.1) is 18.3 Å². The van der Waals surface area contributed by atoms with Crippen molar-refractivity contribution in [2.45, 2.75) is 13.5 Å². The maximum Gasteiger partial charge on any atom is 0.186 e. The van der Waals surface area contributed by atoms with Crippen LogP contribution in [0.1, 0.15) is 15.4 Å². The number of hydrogen-bond donors (Lipinski definition) is 1. The van der Waals surface area contributed by atoms with E-state index < -0.39 is 0 Å². The van der Waals surface area contributed by atoms with Crippen molar-refractivity contribution in [2.75, 3.05) is 5.32 Å². The molecule has 0 fully saturated rings. The Morgan fingerprint density at radius 2 is 2.05 bits per heavy atom. The summed E-state index contributed by atoms with van der Waals surface area (Å²) in [6, 6.07) is 14.0. The van der Waals surface area contributed by atoms with Crippen molar-refractivity contribution in [3.05, 3.63) is 51.8 Å². The zero-order chi connectivity index (χ0) is 13.9. The lowest BCUT2D eigenvalue weighted by Gasteiger charge is -2.09. The summed E-state index contributed by atoms with van der Waals surface area (Å²) in [7, 11) is 0.